The van der Waals surface area contributed by atoms with Crippen molar-refractivity contribution in [1.29, 1.82) is 0 Å². The molecule has 1 amide bonds. The summed E-state index contributed by atoms with van der Waals surface area (Å²) in [4.78, 5) is 24.4. The number of aromatic nitrogens is 1. The van der Waals surface area contributed by atoms with Gasteiger partial charge in [0.05, 0.1) is 18.2 Å². The minimum atomic E-state index is -0.513. The zero-order chi connectivity index (χ0) is 29.5. The van der Waals surface area contributed by atoms with Gasteiger partial charge in [0.2, 0.25) is 0 Å². The van der Waals surface area contributed by atoms with Gasteiger partial charge < -0.3 is 19.9 Å². The zero-order valence-corrected chi connectivity index (χ0v) is 26.0. The number of anilines is 1. The molecule has 0 bridgehead atoms. The first-order valence-electron chi connectivity index (χ1n) is 15.3. The van der Waals surface area contributed by atoms with Crippen LogP contribution in [0.15, 0.2) is 54.7 Å². The molecule has 0 radical (unpaired) electrons. The smallest absolute Gasteiger partial charge is 0.411 e. The number of fused-ring (bicyclic) bond motifs is 2. The number of pyridine rings is 1. The molecule has 226 valence electrons. The summed E-state index contributed by atoms with van der Waals surface area (Å²) in [7, 11) is 0. The molecular formula is C33H45ClN6O2. The second-order valence-electron chi connectivity index (χ2n) is 12.4. The molecule has 1 fully saturated rings. The highest BCUT2D eigenvalue weighted by atomic mass is 35.5. The van der Waals surface area contributed by atoms with Gasteiger partial charge in [-0.15, -0.1) is 0 Å². The van der Waals surface area contributed by atoms with E-state index in [2.05, 4.69) is 43.6 Å². The number of benzene rings is 2. The molecule has 5 rings (SSSR count). The summed E-state index contributed by atoms with van der Waals surface area (Å²) in [5.41, 5.74) is 4.03. The van der Waals surface area contributed by atoms with Crippen LogP contribution in [0, 0.1) is 0 Å². The van der Waals surface area contributed by atoms with Crippen molar-refractivity contribution in [2.75, 3.05) is 57.7 Å². The summed E-state index contributed by atoms with van der Waals surface area (Å²) in [5, 5.41) is 9.06. The maximum atomic E-state index is 13.0. The van der Waals surface area contributed by atoms with Crippen molar-refractivity contribution in [3.05, 3.63) is 70.9 Å². The van der Waals surface area contributed by atoms with E-state index in [9.17, 15) is 4.79 Å². The molecular weight excluding hydrogens is 548 g/mol. The lowest BCUT2D eigenvalue weighted by atomic mass is 9.98. The summed E-state index contributed by atoms with van der Waals surface area (Å²) in [5.74, 6) is 0. The summed E-state index contributed by atoms with van der Waals surface area (Å²) in [6.07, 6.45) is 4.48. The number of hydrogen-bond donors (Lipinski definition) is 2. The van der Waals surface area contributed by atoms with Gasteiger partial charge in [-0.2, -0.15) is 0 Å². The van der Waals surface area contributed by atoms with Gasteiger partial charge in [0.15, 0.2) is 0 Å². The van der Waals surface area contributed by atoms with Gasteiger partial charge in [-0.3, -0.25) is 15.2 Å². The molecule has 2 N–H and O–H groups in total. The average Bonchev–Trinajstić information content (AvgIpc) is 2.96. The first-order valence-corrected chi connectivity index (χ1v) is 15.7. The quantitative estimate of drug-likeness (QED) is 0.297. The molecule has 42 heavy (non-hydrogen) atoms. The van der Waals surface area contributed by atoms with E-state index in [-0.39, 0.29) is 12.3 Å². The van der Waals surface area contributed by atoms with E-state index < -0.39 is 5.60 Å². The van der Waals surface area contributed by atoms with Gasteiger partial charge in [-0.1, -0.05) is 35.9 Å². The lowest BCUT2D eigenvalue weighted by Crippen LogP contribution is -2.53. The summed E-state index contributed by atoms with van der Waals surface area (Å²) < 4.78 is 5.74. The predicted molar refractivity (Wildman–Crippen MR) is 171 cm³/mol. The predicted octanol–water partition coefficient (Wildman–Crippen LogP) is 5.61. The van der Waals surface area contributed by atoms with Crippen molar-refractivity contribution in [2.24, 2.45) is 0 Å². The van der Waals surface area contributed by atoms with Crippen LogP contribution in [0.4, 0.5) is 10.5 Å². The summed E-state index contributed by atoms with van der Waals surface area (Å²) in [6.45, 7) is 14.7. The monoisotopic (exact) mass is 592 g/mol. The number of carbonyl (C=O) groups excluding carboxylic acids is 1. The number of amides is 1. The molecule has 8 nitrogen and oxygen atoms in total. The van der Waals surface area contributed by atoms with Gasteiger partial charge >= 0.3 is 6.09 Å². The molecule has 1 saturated heterocycles. The molecule has 1 aromatic heterocycles. The molecule has 2 aromatic carbocycles. The molecule has 0 spiro atoms. The largest absolute Gasteiger partial charge is 0.444 e. The number of nitrogens with zero attached hydrogens (tertiary/aromatic N) is 4. The Labute approximate surface area is 255 Å². The number of nitrogens with one attached hydrogen (secondary N) is 2. The van der Waals surface area contributed by atoms with Gasteiger partial charge in [-0.25, -0.2) is 4.79 Å². The lowest BCUT2D eigenvalue weighted by molar-refractivity contribution is 0.00778. The zero-order valence-electron chi connectivity index (χ0n) is 25.2. The fourth-order valence-corrected chi connectivity index (χ4v) is 5.99. The highest BCUT2D eigenvalue weighted by Crippen LogP contribution is 2.25. The Bertz CT molecular complexity index is 1340. The lowest BCUT2D eigenvalue weighted by Gasteiger charge is -2.38. The molecule has 0 aliphatic carbocycles. The number of rotatable bonds is 10. The third-order valence-corrected chi connectivity index (χ3v) is 8.28. The van der Waals surface area contributed by atoms with Crippen LogP contribution in [0.1, 0.15) is 44.7 Å². The van der Waals surface area contributed by atoms with Crippen molar-refractivity contribution >= 4 is 34.3 Å². The summed E-state index contributed by atoms with van der Waals surface area (Å²) >= 11 is 6.12. The van der Waals surface area contributed by atoms with E-state index in [0.717, 1.165) is 88.2 Å². The van der Waals surface area contributed by atoms with Crippen molar-refractivity contribution < 1.29 is 9.53 Å². The minimum Gasteiger partial charge on any atom is -0.444 e. The molecule has 3 heterocycles. The Morgan fingerprint density at radius 2 is 1.67 bits per heavy atom. The number of halogens is 1. The van der Waals surface area contributed by atoms with Crippen molar-refractivity contribution in [2.45, 2.75) is 58.3 Å². The Morgan fingerprint density at radius 3 is 2.38 bits per heavy atom. The third kappa shape index (κ3) is 8.34. The Kier molecular flexibility index (Phi) is 10.2. The molecule has 0 saturated carbocycles. The highest BCUT2D eigenvalue weighted by Gasteiger charge is 2.32. The fraction of sp³-hybridized carbons (Fsp3) is 0.515. The summed E-state index contributed by atoms with van der Waals surface area (Å²) in [6, 6.07) is 16.3. The number of carbonyl (C=O) groups is 1. The van der Waals surface area contributed by atoms with Gasteiger partial charge in [-0.05, 0) is 88.6 Å². The van der Waals surface area contributed by atoms with Crippen molar-refractivity contribution in [1.82, 2.24) is 25.0 Å². The van der Waals surface area contributed by atoms with E-state index >= 15 is 0 Å². The molecule has 3 aromatic rings. The number of hydrogen-bond acceptors (Lipinski definition) is 7. The first kappa shape index (κ1) is 30.5. The maximum Gasteiger partial charge on any atom is 0.411 e. The van der Waals surface area contributed by atoms with Crippen LogP contribution in [0.5, 0.6) is 0 Å². The Balaban J connectivity index is 1.00. The second-order valence-corrected chi connectivity index (χ2v) is 12.8. The first-order chi connectivity index (χ1) is 20.2. The van der Waals surface area contributed by atoms with Crippen LogP contribution in [0.2, 0.25) is 5.02 Å². The SMILES string of the molecule is CC(C)(C)OC(=O)N1Cc2ccccc2C[C@@H]1NCCCN1CCN(CCCNc2ccnc3cc(Cl)ccc23)CC1. The molecule has 1 atom stereocenters. The second kappa shape index (κ2) is 14.0. The van der Waals surface area contributed by atoms with Gasteiger partial charge in [0.25, 0.3) is 0 Å². The van der Waals surface area contributed by atoms with Crippen LogP contribution in [-0.4, -0.2) is 89.9 Å². The van der Waals surface area contributed by atoms with E-state index in [4.69, 9.17) is 16.3 Å². The third-order valence-electron chi connectivity index (χ3n) is 8.04. The number of ether oxygens (including phenoxy) is 1. The van der Waals surface area contributed by atoms with Gasteiger partial charge in [0.1, 0.15) is 5.60 Å². The Morgan fingerprint density at radius 1 is 0.976 bits per heavy atom. The van der Waals surface area contributed by atoms with E-state index in [1.165, 1.54) is 11.1 Å². The van der Waals surface area contributed by atoms with Crippen molar-refractivity contribution in [3.63, 3.8) is 0 Å². The van der Waals surface area contributed by atoms with Crippen LogP contribution >= 0.6 is 11.6 Å². The molecule has 0 unspecified atom stereocenters. The fourth-order valence-electron chi connectivity index (χ4n) is 5.83. The van der Waals surface area contributed by atoms with Crippen LogP contribution in [0.25, 0.3) is 10.9 Å². The van der Waals surface area contributed by atoms with Gasteiger partial charge in [0, 0.05) is 61.4 Å². The Hall–Kier alpha value is -2.91. The van der Waals surface area contributed by atoms with Crippen molar-refractivity contribution in [3.8, 4) is 0 Å². The topological polar surface area (TPSA) is 73.0 Å². The van der Waals surface area contributed by atoms with Crippen LogP contribution < -0.4 is 10.6 Å². The maximum absolute atomic E-state index is 13.0. The molecule has 2 aliphatic rings. The van der Waals surface area contributed by atoms with E-state index in [0.29, 0.717) is 11.6 Å². The normalized spacial score (nSPS) is 18.2. The molecule has 9 heteroatoms. The molecule has 2 aliphatic heterocycles. The van der Waals surface area contributed by atoms with E-state index in [1.54, 1.807) is 0 Å². The van der Waals surface area contributed by atoms with Crippen LogP contribution in [-0.2, 0) is 17.7 Å². The standard InChI is InChI=1S/C33H45ClN6O2/c1-33(2,3)42-32(41)40-24-26-9-5-4-8-25(26)22-31(40)37-14-7-17-39-20-18-38(19-21-39)16-6-13-35-29-12-15-36-30-23-27(34)10-11-28(29)30/h4-5,8-12,15,23,31,37H,6-7,13-14,16-22,24H2,1-3H3,(H,35,36)/t31-/m1/s1. The number of piperazine rings is 1. The highest BCUT2D eigenvalue weighted by molar-refractivity contribution is 6.31. The minimum absolute atomic E-state index is 0.0526. The average molecular weight is 593 g/mol. The van der Waals surface area contributed by atoms with E-state index in [1.807, 2.05) is 62.2 Å². The van der Waals surface area contributed by atoms with Crippen LogP contribution in [0.3, 0.4) is 0 Å².